The number of hydrogen-bond acceptors (Lipinski definition) is 3. The second-order valence-electron chi connectivity index (χ2n) is 5.32. The Hall–Kier alpha value is -0.610. The summed E-state index contributed by atoms with van der Waals surface area (Å²) in [5.74, 6) is 0.491. The van der Waals surface area contributed by atoms with Gasteiger partial charge < -0.3 is 15.8 Å². The van der Waals surface area contributed by atoms with Crippen LogP contribution in [0.15, 0.2) is 0 Å². The smallest absolute Gasteiger partial charge is 0.227 e. The molecule has 0 spiro atoms. The van der Waals surface area contributed by atoms with Crippen LogP contribution in [0, 0.1) is 11.3 Å². The first kappa shape index (κ1) is 14.5. The summed E-state index contributed by atoms with van der Waals surface area (Å²) in [6, 6.07) is 0. The van der Waals surface area contributed by atoms with E-state index in [0.29, 0.717) is 25.6 Å². The molecule has 0 radical (unpaired) electrons. The summed E-state index contributed by atoms with van der Waals surface area (Å²) in [5.41, 5.74) is 5.52. The van der Waals surface area contributed by atoms with Crippen molar-refractivity contribution >= 4 is 5.91 Å². The van der Waals surface area contributed by atoms with E-state index in [1.807, 2.05) is 0 Å². The molecule has 1 amide bonds. The molecule has 0 aromatic carbocycles. The Labute approximate surface area is 104 Å². The summed E-state index contributed by atoms with van der Waals surface area (Å²) in [4.78, 5) is 12.2. The maximum Gasteiger partial charge on any atom is 0.227 e. The number of hydrogen-bond donors (Lipinski definition) is 2. The number of ether oxygens (including phenoxy) is 1. The lowest BCUT2D eigenvalue weighted by molar-refractivity contribution is -0.132. The number of carbonyl (C=O) groups is 1. The molecule has 0 heterocycles. The number of amides is 1. The molecule has 0 aromatic rings. The zero-order valence-corrected chi connectivity index (χ0v) is 11.1. The van der Waals surface area contributed by atoms with Crippen molar-refractivity contribution in [2.24, 2.45) is 17.1 Å². The van der Waals surface area contributed by atoms with Gasteiger partial charge in [0.25, 0.3) is 0 Å². The van der Waals surface area contributed by atoms with Crippen LogP contribution in [0.25, 0.3) is 0 Å². The fraction of sp³-hybridized carbons (Fsp3) is 0.923. The molecular weight excluding hydrogens is 216 g/mol. The van der Waals surface area contributed by atoms with E-state index in [9.17, 15) is 4.79 Å². The second kappa shape index (κ2) is 6.97. The average molecular weight is 242 g/mol. The Bertz CT molecular complexity index is 238. The summed E-state index contributed by atoms with van der Waals surface area (Å²) in [6.07, 6.45) is 5.35. The Morgan fingerprint density at radius 2 is 2.06 bits per heavy atom. The summed E-state index contributed by atoms with van der Waals surface area (Å²) < 4.78 is 5.06. The van der Waals surface area contributed by atoms with E-state index in [-0.39, 0.29) is 11.3 Å². The van der Waals surface area contributed by atoms with Gasteiger partial charge in [-0.2, -0.15) is 0 Å². The predicted octanol–water partition coefficient (Wildman–Crippen LogP) is 1.29. The molecule has 3 N–H and O–H groups in total. The Morgan fingerprint density at radius 3 is 2.59 bits per heavy atom. The van der Waals surface area contributed by atoms with Gasteiger partial charge in [-0.25, -0.2) is 0 Å². The summed E-state index contributed by atoms with van der Waals surface area (Å²) >= 11 is 0. The molecule has 4 heteroatoms. The molecule has 0 aromatic heterocycles. The van der Waals surface area contributed by atoms with Gasteiger partial charge in [0.15, 0.2) is 0 Å². The van der Waals surface area contributed by atoms with Crippen LogP contribution >= 0.6 is 0 Å². The predicted molar refractivity (Wildman–Crippen MR) is 68.6 cm³/mol. The number of rotatable bonds is 6. The Balaban J connectivity index is 2.43. The largest absolute Gasteiger partial charge is 0.384 e. The quantitative estimate of drug-likeness (QED) is 0.738. The zero-order chi connectivity index (χ0) is 12.7. The van der Waals surface area contributed by atoms with Crippen LogP contribution in [0.2, 0.25) is 0 Å². The molecule has 0 bridgehead atoms. The van der Waals surface area contributed by atoms with Gasteiger partial charge >= 0.3 is 0 Å². The van der Waals surface area contributed by atoms with Crippen molar-refractivity contribution in [3.63, 3.8) is 0 Å². The monoisotopic (exact) mass is 242 g/mol. The fourth-order valence-electron chi connectivity index (χ4n) is 2.55. The first-order valence-electron chi connectivity index (χ1n) is 6.62. The normalized spacial score (nSPS) is 20.9. The van der Waals surface area contributed by atoms with E-state index < -0.39 is 0 Å². The minimum Gasteiger partial charge on any atom is -0.384 e. The molecule has 0 aliphatic heterocycles. The van der Waals surface area contributed by atoms with Gasteiger partial charge in [-0.15, -0.1) is 0 Å². The van der Waals surface area contributed by atoms with Gasteiger partial charge in [0.1, 0.15) is 0 Å². The topological polar surface area (TPSA) is 64.3 Å². The highest BCUT2D eigenvalue weighted by Crippen LogP contribution is 2.35. The molecule has 1 unspecified atom stereocenters. The molecule has 1 fully saturated rings. The van der Waals surface area contributed by atoms with E-state index >= 15 is 0 Å². The molecule has 100 valence electrons. The zero-order valence-electron chi connectivity index (χ0n) is 11.1. The molecule has 1 atom stereocenters. The Morgan fingerprint density at radius 1 is 1.41 bits per heavy atom. The Kier molecular flexibility index (Phi) is 5.92. The number of nitrogens with one attached hydrogen (secondary N) is 1. The van der Waals surface area contributed by atoms with E-state index in [1.54, 1.807) is 7.11 Å². The maximum absolute atomic E-state index is 12.2. The highest BCUT2D eigenvalue weighted by molar-refractivity contribution is 5.83. The van der Waals surface area contributed by atoms with Crippen molar-refractivity contribution < 1.29 is 9.53 Å². The van der Waals surface area contributed by atoms with Crippen molar-refractivity contribution in [3.8, 4) is 0 Å². The summed E-state index contributed by atoms with van der Waals surface area (Å²) in [6.45, 7) is 3.89. The van der Waals surface area contributed by atoms with Gasteiger partial charge in [-0.1, -0.05) is 26.2 Å². The molecule has 1 aliphatic rings. The third-order valence-electron chi connectivity index (χ3n) is 3.75. The molecule has 17 heavy (non-hydrogen) atoms. The minimum atomic E-state index is -0.301. The van der Waals surface area contributed by atoms with Crippen LogP contribution < -0.4 is 11.1 Å². The lowest BCUT2D eigenvalue weighted by atomic mass is 9.73. The minimum absolute atomic E-state index is 0.141. The van der Waals surface area contributed by atoms with Gasteiger partial charge in [0, 0.05) is 20.2 Å². The standard InChI is InChI=1S/C13H26N2O2/c1-11(9-17-2)8-15-12(16)13(10-14)6-4-3-5-7-13/h11H,3-10,14H2,1-2H3,(H,15,16). The van der Waals surface area contributed by atoms with Crippen molar-refractivity contribution in [3.05, 3.63) is 0 Å². The van der Waals surface area contributed by atoms with Crippen LogP contribution in [-0.2, 0) is 9.53 Å². The summed E-state index contributed by atoms with van der Waals surface area (Å²) in [7, 11) is 1.68. The maximum atomic E-state index is 12.2. The van der Waals surface area contributed by atoms with E-state index in [4.69, 9.17) is 10.5 Å². The molecule has 1 rings (SSSR count). The third kappa shape index (κ3) is 3.96. The van der Waals surface area contributed by atoms with E-state index in [1.165, 1.54) is 6.42 Å². The van der Waals surface area contributed by atoms with Crippen molar-refractivity contribution in [2.75, 3.05) is 26.8 Å². The van der Waals surface area contributed by atoms with Crippen LogP contribution in [0.4, 0.5) is 0 Å². The van der Waals surface area contributed by atoms with Crippen LogP contribution in [0.3, 0.4) is 0 Å². The molecular formula is C13H26N2O2. The second-order valence-corrected chi connectivity index (χ2v) is 5.32. The van der Waals surface area contributed by atoms with Crippen LogP contribution in [0.1, 0.15) is 39.0 Å². The first-order valence-corrected chi connectivity index (χ1v) is 6.62. The lowest BCUT2D eigenvalue weighted by Crippen LogP contribution is -2.48. The third-order valence-corrected chi connectivity index (χ3v) is 3.75. The highest BCUT2D eigenvalue weighted by Gasteiger charge is 2.37. The first-order chi connectivity index (χ1) is 8.14. The molecule has 0 saturated heterocycles. The van der Waals surface area contributed by atoms with Gasteiger partial charge in [-0.05, 0) is 18.8 Å². The van der Waals surface area contributed by atoms with Crippen molar-refractivity contribution in [1.29, 1.82) is 0 Å². The van der Waals surface area contributed by atoms with Crippen LogP contribution in [0.5, 0.6) is 0 Å². The average Bonchev–Trinajstić information content (AvgIpc) is 2.37. The molecule has 1 aliphatic carbocycles. The number of nitrogens with two attached hydrogens (primary N) is 1. The van der Waals surface area contributed by atoms with E-state index in [0.717, 1.165) is 25.7 Å². The van der Waals surface area contributed by atoms with Gasteiger partial charge in [-0.3, -0.25) is 4.79 Å². The number of carbonyl (C=O) groups excluding carboxylic acids is 1. The lowest BCUT2D eigenvalue weighted by Gasteiger charge is -2.34. The van der Waals surface area contributed by atoms with E-state index in [2.05, 4.69) is 12.2 Å². The fourth-order valence-corrected chi connectivity index (χ4v) is 2.55. The number of methoxy groups -OCH3 is 1. The molecule has 4 nitrogen and oxygen atoms in total. The molecule has 1 saturated carbocycles. The summed E-state index contributed by atoms with van der Waals surface area (Å²) in [5, 5.41) is 3.03. The van der Waals surface area contributed by atoms with Gasteiger partial charge in [0.05, 0.1) is 12.0 Å². The highest BCUT2D eigenvalue weighted by atomic mass is 16.5. The SMILES string of the molecule is COCC(C)CNC(=O)C1(CN)CCCCC1. The van der Waals surface area contributed by atoms with Crippen molar-refractivity contribution in [2.45, 2.75) is 39.0 Å². The van der Waals surface area contributed by atoms with Gasteiger partial charge in [0.2, 0.25) is 5.91 Å². The van der Waals surface area contributed by atoms with Crippen LogP contribution in [-0.4, -0.2) is 32.7 Å². The van der Waals surface area contributed by atoms with Crippen molar-refractivity contribution in [1.82, 2.24) is 5.32 Å².